The first-order chi connectivity index (χ1) is 15.2. The SMILES string of the molecule is Cc1ccc(NC(=O)Nc2cccc(C#Cc3cncc(C(=O)N=[SH](C)(C)O)c3)c2)cc1. The van der Waals surface area contributed by atoms with Crippen LogP contribution in [0.1, 0.15) is 27.0 Å². The van der Waals surface area contributed by atoms with Crippen LogP contribution in [0.15, 0.2) is 71.4 Å². The van der Waals surface area contributed by atoms with Crippen molar-refractivity contribution in [3.8, 4) is 11.8 Å². The first kappa shape index (κ1) is 22.9. The van der Waals surface area contributed by atoms with Crippen LogP contribution in [0.5, 0.6) is 0 Å². The average Bonchev–Trinajstić information content (AvgIpc) is 2.73. The van der Waals surface area contributed by atoms with Crippen molar-refractivity contribution in [3.63, 3.8) is 0 Å². The lowest BCUT2D eigenvalue weighted by atomic mass is 10.1. The van der Waals surface area contributed by atoms with Gasteiger partial charge in [-0.05, 0) is 55.8 Å². The molecule has 0 aliphatic rings. The molecule has 8 heteroatoms. The highest BCUT2D eigenvalue weighted by atomic mass is 32.3. The van der Waals surface area contributed by atoms with E-state index in [0.717, 1.165) is 5.56 Å². The Hall–Kier alpha value is -3.80. The molecule has 3 amide bonds. The molecule has 0 unspecified atom stereocenters. The van der Waals surface area contributed by atoms with E-state index < -0.39 is 16.0 Å². The Morgan fingerprint density at radius 1 is 0.938 bits per heavy atom. The van der Waals surface area contributed by atoms with Crippen molar-refractivity contribution in [1.29, 1.82) is 0 Å². The standard InChI is InChI=1S/C24H24N4O3S/c1-17-7-11-21(12-8-17)26-24(30)27-22-6-4-5-18(14-22)9-10-19-13-20(16-25-15-19)23(29)28-32(2,3)31/h4-8,11-16,32H,1-3H3,(H2,26,27,30)(H,28,29,31). The van der Waals surface area contributed by atoms with Crippen LogP contribution in [0.4, 0.5) is 16.2 Å². The van der Waals surface area contributed by atoms with Gasteiger partial charge in [0.25, 0.3) is 5.91 Å². The third kappa shape index (κ3) is 7.16. The molecule has 7 nitrogen and oxygen atoms in total. The molecule has 1 heterocycles. The van der Waals surface area contributed by atoms with Crippen LogP contribution in [-0.4, -0.2) is 34.0 Å². The number of hydrogen-bond acceptors (Lipinski definition) is 3. The van der Waals surface area contributed by atoms with Gasteiger partial charge in [0.15, 0.2) is 0 Å². The van der Waals surface area contributed by atoms with Gasteiger partial charge in [-0.3, -0.25) is 9.78 Å². The van der Waals surface area contributed by atoms with E-state index >= 15 is 0 Å². The van der Waals surface area contributed by atoms with Crippen molar-refractivity contribution < 1.29 is 14.1 Å². The molecule has 0 radical (unpaired) electrons. The predicted octanol–water partition coefficient (Wildman–Crippen LogP) is 4.38. The van der Waals surface area contributed by atoms with Gasteiger partial charge in [-0.25, -0.2) is 4.79 Å². The molecule has 0 aliphatic carbocycles. The molecule has 0 atom stereocenters. The normalized spacial score (nSPS) is 11.0. The van der Waals surface area contributed by atoms with Gasteiger partial charge in [-0.15, -0.1) is 10.1 Å². The molecule has 0 saturated heterocycles. The maximum Gasteiger partial charge on any atom is 0.323 e. The molecule has 3 aromatic rings. The fourth-order valence-electron chi connectivity index (χ4n) is 2.65. The van der Waals surface area contributed by atoms with E-state index in [2.05, 4.69) is 31.8 Å². The second-order valence-corrected chi connectivity index (χ2v) is 10.4. The summed E-state index contributed by atoms with van der Waals surface area (Å²) in [6.45, 7) is 1.98. The summed E-state index contributed by atoms with van der Waals surface area (Å²) in [5.74, 6) is 5.43. The Labute approximate surface area is 188 Å². The Kier molecular flexibility index (Phi) is 7.15. The molecule has 0 fully saturated rings. The number of nitrogens with zero attached hydrogens (tertiary/aromatic N) is 2. The summed E-state index contributed by atoms with van der Waals surface area (Å²) in [5, 5.41) is 5.56. The van der Waals surface area contributed by atoms with Crippen LogP contribution in [0.25, 0.3) is 0 Å². The Balaban J connectivity index is 1.70. The van der Waals surface area contributed by atoms with Crippen LogP contribution in [0.3, 0.4) is 0 Å². The maximum absolute atomic E-state index is 12.2. The monoisotopic (exact) mass is 448 g/mol. The lowest BCUT2D eigenvalue weighted by molar-refractivity contribution is 0.100. The van der Waals surface area contributed by atoms with Crippen LogP contribution in [-0.2, 0) is 10.1 Å². The van der Waals surface area contributed by atoms with Gasteiger partial charge in [0.1, 0.15) is 0 Å². The van der Waals surface area contributed by atoms with Crippen molar-refractivity contribution in [2.75, 3.05) is 23.1 Å². The summed E-state index contributed by atoms with van der Waals surface area (Å²) in [6, 6.07) is 15.8. The summed E-state index contributed by atoms with van der Waals surface area (Å²) < 4.78 is 13.6. The van der Waals surface area contributed by atoms with Crippen LogP contribution in [0, 0.1) is 18.8 Å². The van der Waals surface area contributed by atoms with Crippen LogP contribution >= 0.6 is 0 Å². The van der Waals surface area contributed by atoms with Crippen molar-refractivity contribution in [1.82, 2.24) is 4.98 Å². The number of urea groups is 1. The molecular weight excluding hydrogens is 424 g/mol. The second kappa shape index (κ2) is 10.0. The maximum atomic E-state index is 12.2. The number of hydrogen-bond donors (Lipinski definition) is 4. The highest BCUT2D eigenvalue weighted by Gasteiger charge is 2.07. The number of aromatic nitrogens is 1. The van der Waals surface area contributed by atoms with E-state index in [0.29, 0.717) is 22.5 Å². The number of carbonyl (C=O) groups excluding carboxylic acids is 2. The first-order valence-electron chi connectivity index (χ1n) is 9.74. The number of nitrogens with one attached hydrogen (secondary N) is 2. The molecule has 3 N–H and O–H groups in total. The zero-order valence-electron chi connectivity index (χ0n) is 18.0. The molecule has 0 aliphatic heterocycles. The van der Waals surface area contributed by atoms with E-state index in [-0.39, 0.29) is 11.6 Å². The number of amides is 3. The molecular formula is C24H24N4O3S. The van der Waals surface area contributed by atoms with Gasteiger partial charge in [0.2, 0.25) is 0 Å². The number of thiol groups is 1. The number of rotatable bonds is 3. The average molecular weight is 449 g/mol. The largest absolute Gasteiger partial charge is 0.345 e. The minimum absolute atomic E-state index is 0.266. The summed E-state index contributed by atoms with van der Waals surface area (Å²) in [5.41, 5.74) is 3.89. The number of pyridine rings is 1. The van der Waals surface area contributed by atoms with Gasteiger partial charge in [0.05, 0.1) is 5.56 Å². The quantitative estimate of drug-likeness (QED) is 0.353. The van der Waals surface area contributed by atoms with Crippen molar-refractivity contribution in [3.05, 3.63) is 89.2 Å². The number of benzene rings is 2. The Bertz CT molecular complexity index is 1260. The number of aryl methyl sites for hydroxylation is 1. The minimum atomic E-state index is -2.59. The highest BCUT2D eigenvalue weighted by molar-refractivity contribution is 7.98. The fourth-order valence-corrected chi connectivity index (χ4v) is 3.21. The molecule has 164 valence electrons. The predicted molar refractivity (Wildman–Crippen MR) is 130 cm³/mol. The van der Waals surface area contributed by atoms with Crippen molar-refractivity contribution in [2.24, 2.45) is 4.36 Å². The lowest BCUT2D eigenvalue weighted by Crippen LogP contribution is -2.19. The zero-order valence-corrected chi connectivity index (χ0v) is 18.9. The summed E-state index contributed by atoms with van der Waals surface area (Å²) in [4.78, 5) is 28.4. The van der Waals surface area contributed by atoms with E-state index in [1.54, 1.807) is 30.5 Å². The van der Waals surface area contributed by atoms with Gasteiger partial charge >= 0.3 is 6.03 Å². The van der Waals surface area contributed by atoms with Crippen molar-refractivity contribution in [2.45, 2.75) is 6.92 Å². The van der Waals surface area contributed by atoms with E-state index in [1.165, 1.54) is 18.7 Å². The molecule has 3 rings (SSSR count). The molecule has 32 heavy (non-hydrogen) atoms. The van der Waals surface area contributed by atoms with E-state index in [9.17, 15) is 14.1 Å². The van der Waals surface area contributed by atoms with Gasteiger partial charge < -0.3 is 15.2 Å². The highest BCUT2D eigenvalue weighted by Crippen LogP contribution is 2.13. The summed E-state index contributed by atoms with van der Waals surface area (Å²) >= 11 is 0. The lowest BCUT2D eigenvalue weighted by Gasteiger charge is -2.09. The van der Waals surface area contributed by atoms with Crippen LogP contribution in [0.2, 0.25) is 0 Å². The molecule has 2 aromatic carbocycles. The molecule has 0 spiro atoms. The third-order valence-electron chi connectivity index (χ3n) is 4.10. The summed E-state index contributed by atoms with van der Waals surface area (Å²) in [7, 11) is -2.59. The Morgan fingerprint density at radius 2 is 1.62 bits per heavy atom. The number of anilines is 2. The van der Waals surface area contributed by atoms with Gasteiger partial charge in [-0.2, -0.15) is 4.36 Å². The third-order valence-corrected chi connectivity index (χ3v) is 4.77. The first-order valence-corrected chi connectivity index (χ1v) is 12.3. The summed E-state index contributed by atoms with van der Waals surface area (Å²) in [6.07, 6.45) is 6.00. The molecule has 1 aromatic heterocycles. The zero-order chi connectivity index (χ0) is 23.1. The fraction of sp³-hybridized carbons (Fsp3) is 0.125. The molecule has 0 bridgehead atoms. The van der Waals surface area contributed by atoms with Gasteiger partial charge in [-0.1, -0.05) is 35.6 Å². The minimum Gasteiger partial charge on any atom is -0.345 e. The Morgan fingerprint density at radius 3 is 2.34 bits per heavy atom. The van der Waals surface area contributed by atoms with Gasteiger partial charge in [0, 0.05) is 34.9 Å². The van der Waals surface area contributed by atoms with Crippen LogP contribution < -0.4 is 10.6 Å². The van der Waals surface area contributed by atoms with Crippen molar-refractivity contribution >= 4 is 33.4 Å². The number of carbonyl (C=O) groups is 2. The second-order valence-electron chi connectivity index (χ2n) is 7.48. The van der Waals surface area contributed by atoms with E-state index in [1.807, 2.05) is 37.3 Å². The topological polar surface area (TPSA) is 104 Å². The molecule has 0 saturated carbocycles. The van der Waals surface area contributed by atoms with E-state index in [4.69, 9.17) is 0 Å². The smallest absolute Gasteiger partial charge is 0.323 e.